The van der Waals surface area contributed by atoms with Crippen LogP contribution in [-0.2, 0) is 0 Å². The van der Waals surface area contributed by atoms with E-state index in [1.54, 1.807) is 0 Å². The van der Waals surface area contributed by atoms with Gasteiger partial charge in [-0.05, 0) is 61.7 Å². The third kappa shape index (κ3) is 2.15. The summed E-state index contributed by atoms with van der Waals surface area (Å²) >= 11 is 0. The van der Waals surface area contributed by atoms with Crippen molar-refractivity contribution in [2.24, 2.45) is 0 Å². The lowest BCUT2D eigenvalue weighted by Crippen LogP contribution is -2.32. The largest absolute Gasteiger partial charge is 0.303 e. The number of rotatable bonds is 2. The van der Waals surface area contributed by atoms with Gasteiger partial charge in [-0.2, -0.15) is 0 Å². The van der Waals surface area contributed by atoms with Crippen LogP contribution in [0.3, 0.4) is 0 Å². The molecule has 0 bridgehead atoms. The van der Waals surface area contributed by atoms with Gasteiger partial charge in [0.1, 0.15) is 0 Å². The second kappa shape index (κ2) is 5.11. The van der Waals surface area contributed by atoms with E-state index >= 15 is 0 Å². The van der Waals surface area contributed by atoms with Crippen molar-refractivity contribution in [2.45, 2.75) is 18.8 Å². The van der Waals surface area contributed by atoms with E-state index in [-0.39, 0.29) is 0 Å². The Bertz CT molecular complexity index is 519. The first-order valence-electron chi connectivity index (χ1n) is 6.88. The molecule has 1 nitrogen and oxygen atoms in total. The SMILES string of the molecule is [CH2]CN1CCC(c2cccc3ccccc23)CC1. The number of piperidine rings is 1. The van der Waals surface area contributed by atoms with Gasteiger partial charge in [-0.3, -0.25) is 0 Å². The maximum Gasteiger partial charge on any atom is -0.00129 e. The molecule has 1 heteroatoms. The molecule has 0 atom stereocenters. The molecule has 2 aromatic carbocycles. The van der Waals surface area contributed by atoms with Crippen LogP contribution in [0.2, 0.25) is 0 Å². The predicted octanol–water partition coefficient (Wildman–Crippen LogP) is 3.85. The molecule has 0 aromatic heterocycles. The molecule has 2 aromatic rings. The summed E-state index contributed by atoms with van der Waals surface area (Å²) in [5, 5.41) is 2.81. The number of hydrogen-bond donors (Lipinski definition) is 0. The Hall–Kier alpha value is -1.34. The van der Waals surface area contributed by atoms with Crippen molar-refractivity contribution in [1.82, 2.24) is 4.90 Å². The van der Waals surface area contributed by atoms with Gasteiger partial charge < -0.3 is 4.90 Å². The molecule has 0 aliphatic carbocycles. The third-order valence-electron chi connectivity index (χ3n) is 4.17. The van der Waals surface area contributed by atoms with Crippen LogP contribution in [-0.4, -0.2) is 24.5 Å². The molecule has 1 aliphatic rings. The van der Waals surface area contributed by atoms with E-state index in [4.69, 9.17) is 0 Å². The van der Waals surface area contributed by atoms with E-state index in [0.717, 1.165) is 12.5 Å². The summed E-state index contributed by atoms with van der Waals surface area (Å²) in [4.78, 5) is 2.45. The van der Waals surface area contributed by atoms with Crippen molar-refractivity contribution in [1.29, 1.82) is 0 Å². The molecule has 0 spiro atoms. The summed E-state index contributed by atoms with van der Waals surface area (Å²) in [7, 11) is 0. The molecule has 0 N–H and O–H groups in total. The van der Waals surface area contributed by atoms with E-state index in [1.807, 2.05) is 0 Å². The van der Waals surface area contributed by atoms with Crippen molar-refractivity contribution >= 4 is 10.8 Å². The lowest BCUT2D eigenvalue weighted by molar-refractivity contribution is 0.232. The van der Waals surface area contributed by atoms with Crippen molar-refractivity contribution in [2.75, 3.05) is 19.6 Å². The summed E-state index contributed by atoms with van der Waals surface area (Å²) in [6, 6.07) is 15.5. The van der Waals surface area contributed by atoms with Crippen LogP contribution in [0.4, 0.5) is 0 Å². The van der Waals surface area contributed by atoms with Gasteiger partial charge in [0, 0.05) is 0 Å². The molecular weight excluding hydrogens is 218 g/mol. The Kier molecular flexibility index (Phi) is 3.33. The fraction of sp³-hybridized carbons (Fsp3) is 0.353. The van der Waals surface area contributed by atoms with Gasteiger partial charge in [0.2, 0.25) is 0 Å². The van der Waals surface area contributed by atoms with Crippen LogP contribution in [0, 0.1) is 6.92 Å². The molecule has 3 rings (SSSR count). The maximum atomic E-state index is 3.98. The van der Waals surface area contributed by atoms with Gasteiger partial charge in [0.05, 0.1) is 0 Å². The van der Waals surface area contributed by atoms with Crippen molar-refractivity contribution in [3.63, 3.8) is 0 Å². The number of hydrogen-bond acceptors (Lipinski definition) is 1. The monoisotopic (exact) mass is 238 g/mol. The zero-order valence-corrected chi connectivity index (χ0v) is 10.8. The van der Waals surface area contributed by atoms with Crippen LogP contribution >= 0.6 is 0 Å². The minimum absolute atomic E-state index is 0.721. The molecular formula is C17H20N. The van der Waals surface area contributed by atoms with Crippen LogP contribution in [0.15, 0.2) is 42.5 Å². The highest BCUT2D eigenvalue weighted by Gasteiger charge is 2.20. The molecule has 1 fully saturated rings. The quantitative estimate of drug-likeness (QED) is 0.768. The summed E-state index contributed by atoms with van der Waals surface area (Å²) in [6.07, 6.45) is 2.53. The first kappa shape index (κ1) is 11.7. The molecule has 0 unspecified atom stereocenters. The van der Waals surface area contributed by atoms with Crippen molar-refractivity contribution in [3.8, 4) is 0 Å². The summed E-state index contributed by atoms with van der Waals surface area (Å²) in [5.41, 5.74) is 1.54. The predicted molar refractivity (Wildman–Crippen MR) is 77.7 cm³/mol. The number of fused-ring (bicyclic) bond motifs is 1. The highest BCUT2D eigenvalue weighted by Crippen LogP contribution is 2.32. The normalized spacial score (nSPS) is 18.3. The Labute approximate surface area is 109 Å². The molecule has 1 heterocycles. The molecule has 1 radical (unpaired) electrons. The van der Waals surface area contributed by atoms with Crippen molar-refractivity contribution < 1.29 is 0 Å². The second-order valence-corrected chi connectivity index (χ2v) is 5.18. The highest BCUT2D eigenvalue weighted by molar-refractivity contribution is 5.86. The fourth-order valence-corrected chi connectivity index (χ4v) is 3.07. The summed E-state index contributed by atoms with van der Waals surface area (Å²) in [6.45, 7) is 7.31. The smallest absolute Gasteiger partial charge is 0.00129 e. The summed E-state index contributed by atoms with van der Waals surface area (Å²) < 4.78 is 0. The molecule has 1 saturated heterocycles. The first-order chi connectivity index (χ1) is 8.88. The van der Waals surface area contributed by atoms with Crippen LogP contribution < -0.4 is 0 Å². The number of likely N-dealkylation sites (tertiary alicyclic amines) is 1. The zero-order valence-electron chi connectivity index (χ0n) is 10.8. The number of nitrogens with zero attached hydrogens (tertiary/aromatic N) is 1. The lowest BCUT2D eigenvalue weighted by atomic mass is 9.86. The average molecular weight is 238 g/mol. The van der Waals surface area contributed by atoms with Crippen LogP contribution in [0.5, 0.6) is 0 Å². The van der Waals surface area contributed by atoms with Gasteiger partial charge in [-0.1, -0.05) is 42.5 Å². The maximum absolute atomic E-state index is 3.98. The molecule has 1 aliphatic heterocycles. The molecule has 0 amide bonds. The fourth-order valence-electron chi connectivity index (χ4n) is 3.07. The Morgan fingerprint density at radius 1 is 1.00 bits per heavy atom. The van der Waals surface area contributed by atoms with Gasteiger partial charge in [-0.15, -0.1) is 0 Å². The minimum Gasteiger partial charge on any atom is -0.303 e. The van der Waals surface area contributed by atoms with E-state index in [9.17, 15) is 0 Å². The number of benzene rings is 2. The van der Waals surface area contributed by atoms with E-state index in [0.29, 0.717) is 0 Å². The van der Waals surface area contributed by atoms with E-state index in [1.165, 1.54) is 42.3 Å². The van der Waals surface area contributed by atoms with Crippen LogP contribution in [0.1, 0.15) is 24.3 Å². The highest BCUT2D eigenvalue weighted by atomic mass is 15.1. The average Bonchev–Trinajstić information content (AvgIpc) is 2.47. The topological polar surface area (TPSA) is 3.24 Å². The van der Waals surface area contributed by atoms with Crippen LogP contribution in [0.25, 0.3) is 10.8 Å². The van der Waals surface area contributed by atoms with Gasteiger partial charge in [0.25, 0.3) is 0 Å². The van der Waals surface area contributed by atoms with E-state index in [2.05, 4.69) is 54.3 Å². The molecule has 0 saturated carbocycles. The summed E-state index contributed by atoms with van der Waals surface area (Å²) in [5.74, 6) is 0.721. The Balaban J connectivity index is 1.91. The van der Waals surface area contributed by atoms with E-state index < -0.39 is 0 Å². The van der Waals surface area contributed by atoms with Gasteiger partial charge in [-0.25, -0.2) is 0 Å². The second-order valence-electron chi connectivity index (χ2n) is 5.18. The zero-order chi connectivity index (χ0) is 12.4. The van der Waals surface area contributed by atoms with Gasteiger partial charge >= 0.3 is 0 Å². The molecule has 93 valence electrons. The molecule has 18 heavy (non-hydrogen) atoms. The van der Waals surface area contributed by atoms with Crippen molar-refractivity contribution in [3.05, 3.63) is 55.0 Å². The lowest BCUT2D eigenvalue weighted by Gasteiger charge is -2.31. The standard InChI is InChI=1S/C17H20N/c1-2-18-12-10-15(11-13-18)17-9-5-7-14-6-3-4-8-16(14)17/h3-9,15H,1-2,10-13H2. The Morgan fingerprint density at radius 3 is 2.50 bits per heavy atom. The van der Waals surface area contributed by atoms with Gasteiger partial charge in [0.15, 0.2) is 0 Å². The Morgan fingerprint density at radius 2 is 1.72 bits per heavy atom. The first-order valence-corrected chi connectivity index (χ1v) is 6.88. The minimum atomic E-state index is 0.721. The third-order valence-corrected chi connectivity index (χ3v) is 4.17.